The van der Waals surface area contributed by atoms with E-state index in [0.717, 1.165) is 0 Å². The fourth-order valence-electron chi connectivity index (χ4n) is 1.53. The number of aliphatic hydroxyl groups excluding tert-OH is 1. The van der Waals surface area contributed by atoms with Gasteiger partial charge in [-0.2, -0.15) is 0 Å². The molecule has 2 rings (SSSR count). The highest BCUT2D eigenvalue weighted by molar-refractivity contribution is 5.80. The maximum atomic E-state index is 13.2. The normalized spacial score (nSPS) is 26.5. The molecule has 0 unspecified atom stereocenters. The Kier molecular flexibility index (Phi) is 2.00. The molecular formula is C8H12FNO3. The zero-order chi connectivity index (χ0) is 9.47. The van der Waals surface area contributed by atoms with Crippen molar-refractivity contribution in [3.05, 3.63) is 0 Å². The Hall–Kier alpha value is -0.680. The average Bonchev–Trinajstić information content (AvgIpc) is 1.95. The largest absolute Gasteiger partial charge is 0.393 e. The quantitative estimate of drug-likeness (QED) is 0.617. The standard InChI is InChI=1S/C8H12FNO3/c9-8(5-11)3-10(4-8)7(12)6-1-13-2-6/h6,11H,1-5H2. The summed E-state index contributed by atoms with van der Waals surface area (Å²) in [6.45, 7) is 0.455. The van der Waals surface area contributed by atoms with Crippen molar-refractivity contribution in [2.24, 2.45) is 5.92 Å². The molecule has 2 aliphatic heterocycles. The van der Waals surface area contributed by atoms with Gasteiger partial charge < -0.3 is 14.7 Å². The number of likely N-dealkylation sites (tertiary alicyclic amines) is 1. The van der Waals surface area contributed by atoms with E-state index in [4.69, 9.17) is 9.84 Å². The first-order valence-corrected chi connectivity index (χ1v) is 4.31. The molecular weight excluding hydrogens is 177 g/mol. The SMILES string of the molecule is O=C(C1COC1)N1CC(F)(CO)C1. The van der Waals surface area contributed by atoms with E-state index in [0.29, 0.717) is 13.2 Å². The number of hydrogen-bond donors (Lipinski definition) is 1. The summed E-state index contributed by atoms with van der Waals surface area (Å²) in [5, 5.41) is 8.62. The van der Waals surface area contributed by atoms with E-state index >= 15 is 0 Å². The van der Waals surface area contributed by atoms with Crippen LogP contribution in [0.3, 0.4) is 0 Å². The topological polar surface area (TPSA) is 49.8 Å². The number of amides is 1. The zero-order valence-electron chi connectivity index (χ0n) is 7.20. The first-order valence-electron chi connectivity index (χ1n) is 4.31. The molecule has 0 radical (unpaired) electrons. The number of nitrogens with zero attached hydrogens (tertiary/aromatic N) is 1. The fraction of sp³-hybridized carbons (Fsp3) is 0.875. The van der Waals surface area contributed by atoms with Crippen LogP contribution in [0.2, 0.25) is 0 Å². The second kappa shape index (κ2) is 2.92. The molecule has 2 heterocycles. The Morgan fingerprint density at radius 1 is 1.62 bits per heavy atom. The summed E-state index contributed by atoms with van der Waals surface area (Å²) in [6.07, 6.45) is 0. The van der Waals surface area contributed by atoms with Gasteiger partial charge in [-0.3, -0.25) is 4.79 Å². The Bertz CT molecular complexity index is 223. The van der Waals surface area contributed by atoms with Crippen molar-refractivity contribution < 1.29 is 19.0 Å². The highest BCUT2D eigenvalue weighted by Crippen LogP contribution is 2.27. The maximum Gasteiger partial charge on any atom is 0.230 e. The lowest BCUT2D eigenvalue weighted by Crippen LogP contribution is -2.65. The van der Waals surface area contributed by atoms with Crippen molar-refractivity contribution in [3.63, 3.8) is 0 Å². The van der Waals surface area contributed by atoms with Crippen LogP contribution in [0.25, 0.3) is 0 Å². The van der Waals surface area contributed by atoms with Gasteiger partial charge in [0.2, 0.25) is 5.91 Å². The lowest BCUT2D eigenvalue weighted by atomic mass is 9.94. The van der Waals surface area contributed by atoms with Crippen molar-refractivity contribution in [1.82, 2.24) is 4.90 Å². The zero-order valence-corrected chi connectivity index (χ0v) is 7.20. The summed E-state index contributed by atoms with van der Waals surface area (Å²) in [6, 6.07) is 0. The first kappa shape index (κ1) is 8.90. The number of alkyl halides is 1. The number of ether oxygens (including phenoxy) is 1. The van der Waals surface area contributed by atoms with Gasteiger partial charge in [0.05, 0.1) is 38.8 Å². The molecule has 13 heavy (non-hydrogen) atoms. The van der Waals surface area contributed by atoms with Gasteiger partial charge in [-0.1, -0.05) is 0 Å². The van der Waals surface area contributed by atoms with Crippen molar-refractivity contribution in [2.75, 3.05) is 32.9 Å². The summed E-state index contributed by atoms with van der Waals surface area (Å²) in [4.78, 5) is 12.8. The predicted octanol–water partition coefficient (Wildman–Crippen LogP) is -0.824. The Morgan fingerprint density at radius 3 is 2.62 bits per heavy atom. The highest BCUT2D eigenvalue weighted by Gasteiger charge is 2.47. The number of rotatable bonds is 2. The molecule has 0 bridgehead atoms. The number of halogens is 1. The third-order valence-electron chi connectivity index (χ3n) is 2.53. The summed E-state index contributed by atoms with van der Waals surface area (Å²) in [5.41, 5.74) is -1.56. The molecule has 0 saturated carbocycles. The number of aliphatic hydroxyl groups is 1. The molecule has 0 atom stereocenters. The molecule has 0 aromatic rings. The van der Waals surface area contributed by atoms with E-state index in [2.05, 4.69) is 0 Å². The molecule has 74 valence electrons. The van der Waals surface area contributed by atoms with E-state index in [9.17, 15) is 9.18 Å². The van der Waals surface area contributed by atoms with Crippen LogP contribution in [0.15, 0.2) is 0 Å². The van der Waals surface area contributed by atoms with Crippen LogP contribution < -0.4 is 0 Å². The van der Waals surface area contributed by atoms with E-state index in [1.165, 1.54) is 4.90 Å². The molecule has 0 aromatic heterocycles. The summed E-state index contributed by atoms with van der Waals surface area (Å²) in [5.74, 6) is -0.129. The minimum Gasteiger partial charge on any atom is -0.393 e. The Labute approximate surface area is 75.3 Å². The van der Waals surface area contributed by atoms with Gasteiger partial charge in [-0.25, -0.2) is 4.39 Å². The first-order chi connectivity index (χ1) is 6.14. The highest BCUT2D eigenvalue weighted by atomic mass is 19.1. The van der Waals surface area contributed by atoms with E-state index in [1.54, 1.807) is 0 Å². The summed E-state index contributed by atoms with van der Waals surface area (Å²) >= 11 is 0. The number of carbonyl (C=O) groups is 1. The molecule has 4 nitrogen and oxygen atoms in total. The van der Waals surface area contributed by atoms with Crippen molar-refractivity contribution in [2.45, 2.75) is 5.67 Å². The van der Waals surface area contributed by atoms with Gasteiger partial charge in [0.1, 0.15) is 0 Å². The minimum absolute atomic E-state index is 0.0266. The number of hydrogen-bond acceptors (Lipinski definition) is 3. The van der Waals surface area contributed by atoms with Crippen LogP contribution in [-0.4, -0.2) is 54.5 Å². The second-order valence-electron chi connectivity index (χ2n) is 3.74. The molecule has 2 aliphatic rings. The van der Waals surface area contributed by atoms with E-state index in [-0.39, 0.29) is 24.9 Å². The van der Waals surface area contributed by atoms with Gasteiger partial charge in [-0.15, -0.1) is 0 Å². The van der Waals surface area contributed by atoms with Crippen LogP contribution in [-0.2, 0) is 9.53 Å². The van der Waals surface area contributed by atoms with Crippen LogP contribution >= 0.6 is 0 Å². The van der Waals surface area contributed by atoms with Gasteiger partial charge in [0.25, 0.3) is 0 Å². The van der Waals surface area contributed by atoms with Crippen molar-refractivity contribution in [3.8, 4) is 0 Å². The molecule has 0 spiro atoms. The minimum atomic E-state index is -1.56. The van der Waals surface area contributed by atoms with Gasteiger partial charge >= 0.3 is 0 Å². The molecule has 1 N–H and O–H groups in total. The molecule has 0 aromatic carbocycles. The Morgan fingerprint density at radius 2 is 2.23 bits per heavy atom. The van der Waals surface area contributed by atoms with Crippen LogP contribution in [0.5, 0.6) is 0 Å². The smallest absolute Gasteiger partial charge is 0.230 e. The molecule has 5 heteroatoms. The Balaban J connectivity index is 1.82. The van der Waals surface area contributed by atoms with Crippen molar-refractivity contribution in [1.29, 1.82) is 0 Å². The lowest BCUT2D eigenvalue weighted by molar-refractivity contribution is -0.166. The predicted molar refractivity (Wildman–Crippen MR) is 41.8 cm³/mol. The lowest BCUT2D eigenvalue weighted by Gasteiger charge is -2.45. The fourth-order valence-corrected chi connectivity index (χ4v) is 1.53. The molecule has 0 aliphatic carbocycles. The van der Waals surface area contributed by atoms with E-state index < -0.39 is 12.3 Å². The van der Waals surface area contributed by atoms with Gasteiger partial charge in [-0.05, 0) is 0 Å². The average molecular weight is 189 g/mol. The van der Waals surface area contributed by atoms with Crippen LogP contribution in [0.4, 0.5) is 4.39 Å². The van der Waals surface area contributed by atoms with Gasteiger partial charge in [0.15, 0.2) is 5.67 Å². The van der Waals surface area contributed by atoms with Crippen LogP contribution in [0.1, 0.15) is 0 Å². The van der Waals surface area contributed by atoms with Gasteiger partial charge in [0, 0.05) is 0 Å². The molecule has 1 amide bonds. The van der Waals surface area contributed by atoms with E-state index in [1.807, 2.05) is 0 Å². The number of carbonyl (C=O) groups excluding carboxylic acids is 1. The third-order valence-corrected chi connectivity index (χ3v) is 2.53. The summed E-state index contributed by atoms with van der Waals surface area (Å²) in [7, 11) is 0. The molecule has 2 fully saturated rings. The summed E-state index contributed by atoms with van der Waals surface area (Å²) < 4.78 is 18.0. The van der Waals surface area contributed by atoms with Crippen LogP contribution in [0, 0.1) is 5.92 Å². The maximum absolute atomic E-state index is 13.2. The van der Waals surface area contributed by atoms with Crippen molar-refractivity contribution >= 4 is 5.91 Å². The monoisotopic (exact) mass is 189 g/mol. The molecule has 2 saturated heterocycles. The third kappa shape index (κ3) is 1.42. The second-order valence-corrected chi connectivity index (χ2v) is 3.74.